The first kappa shape index (κ1) is 50.3. The minimum Gasteiger partial charge on any atom is -0.490 e. The number of hydrogen-bond donors (Lipinski definition) is 1. The van der Waals surface area contributed by atoms with Gasteiger partial charge in [-0.1, -0.05) is 35.3 Å². The topological polar surface area (TPSA) is 160 Å². The van der Waals surface area contributed by atoms with Gasteiger partial charge in [0, 0.05) is 67.3 Å². The number of piperazine rings is 1. The van der Waals surface area contributed by atoms with Crippen molar-refractivity contribution in [3.8, 4) is 44.7 Å². The monoisotopic (exact) mass is 1040 g/mol. The first-order chi connectivity index (χ1) is 34.9. The number of aromatic nitrogens is 4. The highest BCUT2D eigenvalue weighted by Crippen LogP contribution is 2.53. The number of nitrogens with zero attached hydrogens (tertiary/aromatic N) is 6. The number of fused-ring (bicyclic) bond motifs is 7. The molecule has 380 valence electrons. The van der Waals surface area contributed by atoms with Gasteiger partial charge in [0.25, 0.3) is 0 Å². The normalized spacial score (nSPS) is 22.2. The molecule has 19 heteroatoms. The average Bonchev–Trinajstić information content (AvgIpc) is 3.78. The second-order valence-corrected chi connectivity index (χ2v) is 20.7. The van der Waals surface area contributed by atoms with Crippen LogP contribution in [0.3, 0.4) is 0 Å². The molecule has 3 aromatic heterocycles. The predicted molar refractivity (Wildman–Crippen MR) is 272 cm³/mol. The summed E-state index contributed by atoms with van der Waals surface area (Å²) in [7, 11) is 2.11. The zero-order valence-corrected chi connectivity index (χ0v) is 42.7. The van der Waals surface area contributed by atoms with Gasteiger partial charge in [0.15, 0.2) is 5.75 Å². The maximum Gasteiger partial charge on any atom is 0.345 e. The van der Waals surface area contributed by atoms with Gasteiger partial charge in [-0.25, -0.2) is 29.1 Å². The van der Waals surface area contributed by atoms with Gasteiger partial charge in [-0.05, 0) is 105 Å². The Morgan fingerprint density at radius 2 is 1.68 bits per heavy atom. The van der Waals surface area contributed by atoms with Gasteiger partial charge in [-0.3, -0.25) is 4.90 Å². The Labute approximate surface area is 431 Å². The molecule has 0 spiro atoms. The van der Waals surface area contributed by atoms with Crippen molar-refractivity contribution in [1.29, 1.82) is 0 Å². The van der Waals surface area contributed by atoms with E-state index < -0.39 is 24.0 Å². The molecular weight excluding hydrogens is 987 g/mol. The number of thiophene rings is 1. The summed E-state index contributed by atoms with van der Waals surface area (Å²) >= 11 is 16.0. The first-order valence-electron chi connectivity index (χ1n) is 24.5. The molecule has 1 unspecified atom stereocenters. The molecular formula is C53H57Cl2FN6O9S. The second-order valence-electron chi connectivity index (χ2n) is 18.9. The van der Waals surface area contributed by atoms with E-state index in [0.717, 1.165) is 57.7 Å². The quantitative estimate of drug-likeness (QED) is 0.131. The molecule has 0 amide bonds. The maximum absolute atomic E-state index is 14.4. The van der Waals surface area contributed by atoms with Crippen LogP contribution < -0.4 is 18.9 Å². The van der Waals surface area contributed by atoms with Crippen LogP contribution in [-0.4, -0.2) is 138 Å². The fraction of sp³-hybridized carbons (Fsp3) is 0.453. The van der Waals surface area contributed by atoms with Crippen molar-refractivity contribution >= 4 is 50.7 Å². The van der Waals surface area contributed by atoms with Gasteiger partial charge < -0.3 is 43.2 Å². The lowest BCUT2D eigenvalue weighted by molar-refractivity contribution is -0.145. The van der Waals surface area contributed by atoms with E-state index in [1.165, 1.54) is 29.8 Å². The third kappa shape index (κ3) is 11.3. The highest BCUT2D eigenvalue weighted by atomic mass is 35.5. The fourth-order valence-corrected chi connectivity index (χ4v) is 11.6. The molecule has 1 saturated carbocycles. The third-order valence-corrected chi connectivity index (χ3v) is 16.0. The van der Waals surface area contributed by atoms with Crippen LogP contribution in [0.25, 0.3) is 31.8 Å². The Hall–Kier alpha value is -5.24. The standard InChI is InChI=1S/C53H57Cl2FN6O9S/c1-30-43-31(2)47(55)48(46(30)54)70-39(24-62-18-16-61(3)17-19-62)27-68-38-12-13-41(69-25-36-14-15-57-50(60-36)33-6-10-37(11-7-33)67-28-40-26-65-20-21-66-40)34(22-38)23-42(53(63)64)71-51-45-44(43)49(72-52(45)59-29-58-51)32-4-8-35(56)9-5-32/h4-5,8-9,12-15,22,29,33,37,39-40,42H,6-7,10-11,16-21,23-28H2,1-3H3,(H,63,64)/t33-,37+,39-,40?,42-/m1/s1. The highest BCUT2D eigenvalue weighted by Gasteiger charge is 2.33. The van der Waals surface area contributed by atoms with Crippen molar-refractivity contribution in [2.24, 2.45) is 0 Å². The molecule has 5 aliphatic rings. The summed E-state index contributed by atoms with van der Waals surface area (Å²) in [4.78, 5) is 38.1. The van der Waals surface area contributed by atoms with Gasteiger partial charge in [0.2, 0.25) is 12.0 Å². The number of benzene rings is 3. The van der Waals surface area contributed by atoms with Crippen molar-refractivity contribution in [1.82, 2.24) is 29.7 Å². The van der Waals surface area contributed by atoms with Crippen LogP contribution >= 0.6 is 34.5 Å². The van der Waals surface area contributed by atoms with Crippen LogP contribution in [0.2, 0.25) is 10.0 Å². The molecule has 0 radical (unpaired) electrons. The Bertz CT molecular complexity index is 2860. The lowest BCUT2D eigenvalue weighted by Gasteiger charge is -2.35. The van der Waals surface area contributed by atoms with Gasteiger partial charge >= 0.3 is 5.97 Å². The van der Waals surface area contributed by atoms with E-state index in [1.54, 1.807) is 36.5 Å². The second kappa shape index (κ2) is 22.5. The third-order valence-electron chi connectivity index (χ3n) is 13.9. The zero-order valence-electron chi connectivity index (χ0n) is 40.4. The summed E-state index contributed by atoms with van der Waals surface area (Å²) in [5.41, 5.74) is 4.49. The fourth-order valence-electron chi connectivity index (χ4n) is 9.92. The van der Waals surface area contributed by atoms with Gasteiger partial charge in [0.1, 0.15) is 59.7 Å². The number of ether oxygens (including phenoxy) is 7. The lowest BCUT2D eigenvalue weighted by Crippen LogP contribution is -2.49. The molecule has 3 atom stereocenters. The molecule has 2 saturated heterocycles. The predicted octanol–water partition coefficient (Wildman–Crippen LogP) is 9.38. The Morgan fingerprint density at radius 1 is 0.903 bits per heavy atom. The van der Waals surface area contributed by atoms with E-state index in [9.17, 15) is 14.3 Å². The van der Waals surface area contributed by atoms with E-state index >= 15 is 0 Å². The number of carbonyl (C=O) groups is 1. The average molecular weight is 1040 g/mol. The molecule has 3 aromatic carbocycles. The molecule has 4 bridgehead atoms. The number of aliphatic carboxylic acids is 1. The van der Waals surface area contributed by atoms with Crippen LogP contribution in [0.15, 0.2) is 61.1 Å². The number of likely N-dealkylation sites (N-methyl/N-ethyl adjacent to an activating group) is 1. The zero-order chi connectivity index (χ0) is 49.9. The molecule has 11 rings (SSSR count). The first-order valence-corrected chi connectivity index (χ1v) is 26.0. The van der Waals surface area contributed by atoms with Crippen LogP contribution in [0.4, 0.5) is 4.39 Å². The number of rotatable bonds is 11. The van der Waals surface area contributed by atoms with Crippen molar-refractivity contribution in [3.05, 3.63) is 105 Å². The summed E-state index contributed by atoms with van der Waals surface area (Å²) in [5.74, 6) is 0.559. The summed E-state index contributed by atoms with van der Waals surface area (Å²) in [6.45, 7) is 10.3. The number of halogens is 3. The van der Waals surface area contributed by atoms with Crippen LogP contribution in [0, 0.1) is 19.7 Å². The van der Waals surface area contributed by atoms with Crippen molar-refractivity contribution < 1.29 is 47.4 Å². The van der Waals surface area contributed by atoms with E-state index in [-0.39, 0.29) is 43.6 Å². The number of hydrogen-bond acceptors (Lipinski definition) is 15. The molecule has 15 nitrogen and oxygen atoms in total. The summed E-state index contributed by atoms with van der Waals surface area (Å²) in [6, 6.07) is 13.3. The summed E-state index contributed by atoms with van der Waals surface area (Å²) in [6.07, 6.45) is 4.67. The molecule has 3 fully saturated rings. The van der Waals surface area contributed by atoms with E-state index in [2.05, 4.69) is 31.8 Å². The van der Waals surface area contributed by atoms with Crippen molar-refractivity contribution in [3.63, 3.8) is 0 Å². The van der Waals surface area contributed by atoms with E-state index in [0.29, 0.717) is 114 Å². The Morgan fingerprint density at radius 3 is 2.42 bits per heavy atom. The molecule has 7 heterocycles. The van der Waals surface area contributed by atoms with Crippen LogP contribution in [-0.2, 0) is 32.0 Å². The van der Waals surface area contributed by atoms with Crippen LogP contribution in [0.1, 0.15) is 59.8 Å². The van der Waals surface area contributed by atoms with E-state index in [4.69, 9.17) is 61.3 Å². The lowest BCUT2D eigenvalue weighted by atomic mass is 9.86. The Kier molecular flexibility index (Phi) is 15.7. The largest absolute Gasteiger partial charge is 0.490 e. The smallest absolute Gasteiger partial charge is 0.345 e. The minimum atomic E-state index is -1.46. The van der Waals surface area contributed by atoms with Crippen LogP contribution in [0.5, 0.6) is 23.1 Å². The Balaban J connectivity index is 0.984. The molecule has 6 aromatic rings. The molecule has 1 N–H and O–H groups in total. The summed E-state index contributed by atoms with van der Waals surface area (Å²) in [5, 5.41) is 12.0. The summed E-state index contributed by atoms with van der Waals surface area (Å²) < 4.78 is 58.4. The minimum absolute atomic E-state index is 0.0262. The van der Waals surface area contributed by atoms with Crippen molar-refractivity contribution in [2.75, 3.05) is 72.8 Å². The number of carboxylic acids is 1. The maximum atomic E-state index is 14.4. The number of carboxylic acid groups (broad SMARTS) is 1. The SMILES string of the molecule is Cc1c(Cl)c2c(Cl)c(C)c1-c1c(-c3ccc(F)cc3)sc3ncnc(c13)O[C@@H](C(=O)O)Cc1cc(ccc1OCc1ccnc([C@H]3CC[C@@H](OCC4COCCO4)CC3)n1)OC[C@@H](CN1CCN(C)CC1)O2. The molecule has 4 aliphatic heterocycles. The molecule has 72 heavy (non-hydrogen) atoms. The van der Waals surface area contributed by atoms with E-state index in [1.807, 2.05) is 19.9 Å². The van der Waals surface area contributed by atoms with Gasteiger partial charge in [-0.2, -0.15) is 0 Å². The van der Waals surface area contributed by atoms with Gasteiger partial charge in [0.05, 0.1) is 53.7 Å². The van der Waals surface area contributed by atoms with Crippen molar-refractivity contribution in [2.45, 2.75) is 82.9 Å². The highest BCUT2D eigenvalue weighted by molar-refractivity contribution is 7.22. The van der Waals surface area contributed by atoms with Gasteiger partial charge in [-0.15, -0.1) is 11.3 Å². The molecule has 1 aliphatic carbocycles.